The number of rotatable bonds is 6. The van der Waals surface area contributed by atoms with Gasteiger partial charge >= 0.3 is 6.03 Å². The molecule has 2 amide bonds. The second-order valence-corrected chi connectivity index (χ2v) is 6.08. The van der Waals surface area contributed by atoms with Crippen molar-refractivity contribution in [3.8, 4) is 0 Å². The van der Waals surface area contributed by atoms with Gasteiger partial charge in [-0.1, -0.05) is 25.8 Å². The second-order valence-electron chi connectivity index (χ2n) is 6.08. The second kappa shape index (κ2) is 8.73. The molecule has 2 rings (SSSR count). The lowest BCUT2D eigenvalue weighted by Crippen LogP contribution is -2.39. The predicted octanol–water partition coefficient (Wildman–Crippen LogP) is 3.04. The van der Waals surface area contributed by atoms with Crippen LogP contribution < -0.4 is 10.6 Å². The van der Waals surface area contributed by atoms with Crippen LogP contribution in [0.1, 0.15) is 51.1 Å². The summed E-state index contributed by atoms with van der Waals surface area (Å²) in [5, 5.41) is 5.74. The van der Waals surface area contributed by atoms with E-state index >= 15 is 0 Å². The van der Waals surface area contributed by atoms with E-state index in [1.807, 2.05) is 19.1 Å². The maximum absolute atomic E-state index is 11.8. The molecular weight excluding hydrogens is 278 g/mol. The first-order valence-corrected chi connectivity index (χ1v) is 8.22. The molecule has 1 aliphatic carbocycles. The number of hydrogen-bond donors (Lipinski definition) is 2. The highest BCUT2D eigenvalue weighted by atomic mass is 16.5. The fraction of sp³-hybridized carbons (Fsp3) is 0.647. The summed E-state index contributed by atoms with van der Waals surface area (Å²) in [5.41, 5.74) is 0.991. The van der Waals surface area contributed by atoms with E-state index < -0.39 is 0 Å². The normalized spacial score (nSPS) is 22.8. The van der Waals surface area contributed by atoms with Crippen molar-refractivity contribution in [2.45, 2.75) is 51.7 Å². The van der Waals surface area contributed by atoms with Crippen LogP contribution in [0.3, 0.4) is 0 Å². The highest BCUT2D eigenvalue weighted by molar-refractivity contribution is 5.74. The van der Waals surface area contributed by atoms with Crippen LogP contribution in [-0.4, -0.2) is 30.3 Å². The molecule has 0 radical (unpaired) electrons. The molecule has 0 aliphatic heterocycles. The van der Waals surface area contributed by atoms with E-state index in [4.69, 9.17) is 4.74 Å². The van der Waals surface area contributed by atoms with Crippen LogP contribution in [0, 0.1) is 5.92 Å². The number of urea groups is 1. The van der Waals surface area contributed by atoms with Crippen LogP contribution in [0.15, 0.2) is 24.5 Å². The van der Waals surface area contributed by atoms with Crippen LogP contribution in [0.5, 0.6) is 0 Å². The number of carbonyl (C=O) groups excluding carboxylic acids is 1. The molecule has 1 saturated carbocycles. The van der Waals surface area contributed by atoms with Crippen LogP contribution in [0.2, 0.25) is 0 Å². The Morgan fingerprint density at radius 3 is 3.00 bits per heavy atom. The minimum absolute atomic E-state index is 0.0621. The van der Waals surface area contributed by atoms with Gasteiger partial charge in [-0.25, -0.2) is 4.79 Å². The van der Waals surface area contributed by atoms with E-state index in [0.29, 0.717) is 25.2 Å². The molecule has 2 N–H and O–H groups in total. The Labute approximate surface area is 132 Å². The number of amides is 2. The Morgan fingerprint density at radius 2 is 2.27 bits per heavy atom. The van der Waals surface area contributed by atoms with Crippen molar-refractivity contribution in [2.75, 3.05) is 13.2 Å². The van der Waals surface area contributed by atoms with Gasteiger partial charge in [-0.05, 0) is 37.3 Å². The zero-order valence-corrected chi connectivity index (χ0v) is 13.5. The van der Waals surface area contributed by atoms with E-state index in [9.17, 15) is 4.79 Å². The Bertz CT molecular complexity index is 452. The first-order chi connectivity index (χ1) is 10.7. The molecule has 0 saturated heterocycles. The average Bonchev–Trinajstić information content (AvgIpc) is 2.54. The van der Waals surface area contributed by atoms with Gasteiger partial charge in [0.15, 0.2) is 0 Å². The molecule has 1 aromatic rings. The number of aromatic nitrogens is 1. The maximum Gasteiger partial charge on any atom is 0.315 e. The molecule has 22 heavy (non-hydrogen) atoms. The van der Waals surface area contributed by atoms with Crippen LogP contribution in [-0.2, 0) is 4.74 Å². The third-order valence-electron chi connectivity index (χ3n) is 4.28. The minimum Gasteiger partial charge on any atom is -0.376 e. The Kier molecular flexibility index (Phi) is 6.65. The van der Waals surface area contributed by atoms with Gasteiger partial charge in [0.25, 0.3) is 0 Å². The van der Waals surface area contributed by atoms with Crippen molar-refractivity contribution >= 4 is 6.03 Å². The topological polar surface area (TPSA) is 63.2 Å². The van der Waals surface area contributed by atoms with Crippen molar-refractivity contribution < 1.29 is 9.53 Å². The van der Waals surface area contributed by atoms with Crippen molar-refractivity contribution in [3.63, 3.8) is 0 Å². The third kappa shape index (κ3) is 5.30. The van der Waals surface area contributed by atoms with E-state index in [1.165, 1.54) is 19.3 Å². The number of hydrogen-bond acceptors (Lipinski definition) is 3. The van der Waals surface area contributed by atoms with Crippen molar-refractivity contribution in [2.24, 2.45) is 5.92 Å². The molecule has 0 bridgehead atoms. The number of nitrogens with zero attached hydrogens (tertiary/aromatic N) is 1. The number of nitrogens with one attached hydrogen (secondary N) is 2. The lowest BCUT2D eigenvalue weighted by molar-refractivity contribution is -0.00244. The summed E-state index contributed by atoms with van der Waals surface area (Å²) in [6, 6.07) is 3.58. The summed E-state index contributed by atoms with van der Waals surface area (Å²) in [6.07, 6.45) is 8.80. The highest BCUT2D eigenvalue weighted by Crippen LogP contribution is 2.25. The van der Waals surface area contributed by atoms with Gasteiger partial charge in [0.2, 0.25) is 0 Å². The number of pyridine rings is 1. The third-order valence-corrected chi connectivity index (χ3v) is 4.28. The molecule has 0 spiro atoms. The van der Waals surface area contributed by atoms with Gasteiger partial charge in [-0.15, -0.1) is 0 Å². The monoisotopic (exact) mass is 305 g/mol. The van der Waals surface area contributed by atoms with Crippen molar-refractivity contribution in [3.05, 3.63) is 30.1 Å². The summed E-state index contributed by atoms with van der Waals surface area (Å²) < 4.78 is 5.88. The quantitative estimate of drug-likeness (QED) is 0.794. The summed E-state index contributed by atoms with van der Waals surface area (Å²) in [6.45, 7) is 5.30. The fourth-order valence-corrected chi connectivity index (χ4v) is 2.87. The zero-order valence-electron chi connectivity index (χ0n) is 13.5. The minimum atomic E-state index is -0.170. The molecule has 3 atom stereocenters. The fourth-order valence-electron chi connectivity index (χ4n) is 2.87. The van der Waals surface area contributed by atoms with E-state index in [0.717, 1.165) is 12.0 Å². The van der Waals surface area contributed by atoms with E-state index in [-0.39, 0.29) is 12.1 Å². The highest BCUT2D eigenvalue weighted by Gasteiger charge is 2.21. The van der Waals surface area contributed by atoms with E-state index in [1.54, 1.807) is 12.4 Å². The van der Waals surface area contributed by atoms with Gasteiger partial charge in [-0.3, -0.25) is 4.98 Å². The molecule has 1 fully saturated rings. The average molecular weight is 305 g/mol. The molecule has 0 unspecified atom stereocenters. The molecule has 122 valence electrons. The summed E-state index contributed by atoms with van der Waals surface area (Å²) >= 11 is 0. The van der Waals surface area contributed by atoms with Gasteiger partial charge in [0.1, 0.15) is 0 Å². The van der Waals surface area contributed by atoms with Crippen molar-refractivity contribution in [1.29, 1.82) is 0 Å². The standard InChI is InChI=1S/C17H27N3O2/c1-13-6-3-4-8-16(13)22-11-10-19-17(21)20-14(2)15-7-5-9-18-12-15/h5,7,9,12-14,16H,3-4,6,8,10-11H2,1-2H3,(H2,19,20,21)/t13-,14+,16+/m1/s1. The zero-order chi connectivity index (χ0) is 15.8. The van der Waals surface area contributed by atoms with Gasteiger partial charge in [-0.2, -0.15) is 0 Å². The summed E-state index contributed by atoms with van der Waals surface area (Å²) in [7, 11) is 0. The van der Waals surface area contributed by atoms with Gasteiger partial charge in [0.05, 0.1) is 18.8 Å². The predicted molar refractivity (Wildman–Crippen MR) is 86.6 cm³/mol. The summed E-state index contributed by atoms with van der Waals surface area (Å²) in [4.78, 5) is 15.9. The lowest BCUT2D eigenvalue weighted by Gasteiger charge is -2.28. The van der Waals surface area contributed by atoms with Gasteiger partial charge in [0, 0.05) is 18.9 Å². The van der Waals surface area contributed by atoms with Gasteiger partial charge < -0.3 is 15.4 Å². The molecule has 5 heteroatoms. The SMILES string of the molecule is C[C@H](NC(=O)NCCO[C@H]1CCCC[C@H]1C)c1cccnc1. The van der Waals surface area contributed by atoms with Crippen LogP contribution >= 0.6 is 0 Å². The Balaban J connectivity index is 1.61. The van der Waals surface area contributed by atoms with E-state index in [2.05, 4.69) is 22.5 Å². The molecule has 1 heterocycles. The molecule has 5 nitrogen and oxygen atoms in total. The molecule has 1 aromatic heterocycles. The molecule has 1 aliphatic rings. The summed E-state index contributed by atoms with van der Waals surface area (Å²) in [5.74, 6) is 0.633. The number of carbonyl (C=O) groups is 1. The Hall–Kier alpha value is -1.62. The largest absolute Gasteiger partial charge is 0.376 e. The van der Waals surface area contributed by atoms with Crippen LogP contribution in [0.25, 0.3) is 0 Å². The first-order valence-electron chi connectivity index (χ1n) is 8.22. The molecule has 0 aromatic carbocycles. The number of ether oxygens (including phenoxy) is 1. The maximum atomic E-state index is 11.8. The lowest BCUT2D eigenvalue weighted by atomic mass is 9.88. The van der Waals surface area contributed by atoms with Crippen LogP contribution in [0.4, 0.5) is 4.79 Å². The Morgan fingerprint density at radius 1 is 1.45 bits per heavy atom. The first kappa shape index (κ1) is 16.7. The molecular formula is C17H27N3O2. The van der Waals surface area contributed by atoms with Crippen molar-refractivity contribution in [1.82, 2.24) is 15.6 Å². The smallest absolute Gasteiger partial charge is 0.315 e.